The molecule has 0 unspecified atom stereocenters. The molecule has 0 spiro atoms. The quantitative estimate of drug-likeness (QED) is 0.615. The molecule has 1 heterocycles. The van der Waals surface area contributed by atoms with E-state index in [1.807, 2.05) is 31.2 Å². The van der Waals surface area contributed by atoms with Crippen molar-refractivity contribution in [2.75, 3.05) is 12.8 Å². The van der Waals surface area contributed by atoms with Crippen LogP contribution in [0.25, 0.3) is 11.5 Å². The van der Waals surface area contributed by atoms with Crippen LogP contribution >= 0.6 is 11.8 Å². The predicted molar refractivity (Wildman–Crippen MR) is 98.1 cm³/mol. The molecule has 0 aliphatic rings. The number of thioether (sulfide) groups is 1. The van der Waals surface area contributed by atoms with E-state index >= 15 is 0 Å². The Morgan fingerprint density at radius 2 is 1.88 bits per heavy atom. The third-order valence-corrected chi connectivity index (χ3v) is 4.66. The topological polar surface area (TPSA) is 59.2 Å². The first-order chi connectivity index (χ1) is 12.5. The van der Waals surface area contributed by atoms with E-state index in [2.05, 4.69) is 10.2 Å². The third kappa shape index (κ3) is 4.49. The van der Waals surface area contributed by atoms with Crippen LogP contribution in [0, 0.1) is 12.7 Å². The van der Waals surface area contributed by atoms with Crippen molar-refractivity contribution in [3.63, 3.8) is 0 Å². The zero-order valence-electron chi connectivity index (χ0n) is 14.5. The van der Waals surface area contributed by atoms with Crippen molar-refractivity contribution in [3.05, 3.63) is 65.5 Å². The zero-order valence-corrected chi connectivity index (χ0v) is 15.3. The second-order valence-corrected chi connectivity index (χ2v) is 6.78. The predicted octanol–water partition coefficient (Wildman–Crippen LogP) is 3.93. The third-order valence-electron chi connectivity index (χ3n) is 3.86. The molecule has 26 heavy (non-hydrogen) atoms. The van der Waals surface area contributed by atoms with E-state index in [4.69, 9.17) is 4.42 Å². The molecule has 0 N–H and O–H groups in total. The number of hydrogen-bond acceptors (Lipinski definition) is 5. The number of benzene rings is 2. The molecule has 0 radical (unpaired) electrons. The van der Waals surface area contributed by atoms with E-state index < -0.39 is 0 Å². The maximum atomic E-state index is 12.9. The average Bonchev–Trinajstić information content (AvgIpc) is 3.10. The van der Waals surface area contributed by atoms with Crippen LogP contribution in [0.2, 0.25) is 0 Å². The normalized spacial score (nSPS) is 10.7. The lowest BCUT2D eigenvalue weighted by Gasteiger charge is -2.16. The number of halogens is 1. The molecule has 3 rings (SSSR count). The standard InChI is InChI=1S/C19H18FN3O2S/c1-13-5-3-4-6-16(13)18-21-22-19(25-18)26-12-17(24)23(2)11-14-7-9-15(20)10-8-14/h3-10H,11-12H2,1-2H3. The highest BCUT2D eigenvalue weighted by atomic mass is 32.2. The van der Waals surface area contributed by atoms with Crippen molar-refractivity contribution in [1.29, 1.82) is 0 Å². The van der Waals surface area contributed by atoms with Crippen molar-refractivity contribution in [1.82, 2.24) is 15.1 Å². The number of hydrogen-bond donors (Lipinski definition) is 0. The number of nitrogens with zero attached hydrogens (tertiary/aromatic N) is 3. The van der Waals surface area contributed by atoms with E-state index in [-0.39, 0.29) is 17.5 Å². The Labute approximate surface area is 155 Å². The summed E-state index contributed by atoms with van der Waals surface area (Å²) in [5.74, 6) is 0.263. The van der Waals surface area contributed by atoms with Crippen LogP contribution in [0.1, 0.15) is 11.1 Å². The smallest absolute Gasteiger partial charge is 0.277 e. The van der Waals surface area contributed by atoms with E-state index in [1.54, 1.807) is 24.1 Å². The number of amides is 1. The molecule has 0 aliphatic carbocycles. The van der Waals surface area contributed by atoms with Crippen LogP contribution in [0.4, 0.5) is 4.39 Å². The van der Waals surface area contributed by atoms with E-state index in [0.717, 1.165) is 16.7 Å². The summed E-state index contributed by atoms with van der Waals surface area (Å²) in [5, 5.41) is 8.39. The van der Waals surface area contributed by atoms with Crippen LogP contribution in [0.3, 0.4) is 0 Å². The molecule has 3 aromatic rings. The van der Waals surface area contributed by atoms with Gasteiger partial charge < -0.3 is 9.32 Å². The molecule has 5 nitrogen and oxygen atoms in total. The molecule has 2 aromatic carbocycles. The van der Waals surface area contributed by atoms with Gasteiger partial charge in [-0.2, -0.15) is 0 Å². The maximum absolute atomic E-state index is 12.9. The summed E-state index contributed by atoms with van der Waals surface area (Å²) >= 11 is 1.20. The summed E-state index contributed by atoms with van der Waals surface area (Å²) in [5.41, 5.74) is 2.79. The minimum atomic E-state index is -0.292. The summed E-state index contributed by atoms with van der Waals surface area (Å²) < 4.78 is 18.6. The lowest BCUT2D eigenvalue weighted by Crippen LogP contribution is -2.27. The Hall–Kier alpha value is -2.67. The molecule has 1 amide bonds. The SMILES string of the molecule is Cc1ccccc1-c1nnc(SCC(=O)N(C)Cc2ccc(F)cc2)o1. The zero-order chi connectivity index (χ0) is 18.5. The molecule has 0 saturated carbocycles. The van der Waals surface area contributed by atoms with Gasteiger partial charge in [-0.05, 0) is 36.2 Å². The molecule has 0 atom stereocenters. The first-order valence-electron chi connectivity index (χ1n) is 8.03. The number of carbonyl (C=O) groups is 1. The molecular formula is C19H18FN3O2S. The second-order valence-electron chi connectivity index (χ2n) is 5.85. The number of rotatable bonds is 6. The molecule has 0 saturated heterocycles. The van der Waals surface area contributed by atoms with Gasteiger partial charge in [-0.15, -0.1) is 10.2 Å². The highest BCUT2D eigenvalue weighted by Gasteiger charge is 2.15. The van der Waals surface area contributed by atoms with E-state index in [0.29, 0.717) is 17.7 Å². The minimum absolute atomic E-state index is 0.0741. The Kier molecular flexibility index (Phi) is 5.68. The average molecular weight is 371 g/mol. The van der Waals surface area contributed by atoms with Gasteiger partial charge in [0.1, 0.15) is 5.82 Å². The highest BCUT2D eigenvalue weighted by molar-refractivity contribution is 7.99. The maximum Gasteiger partial charge on any atom is 0.277 e. The molecule has 7 heteroatoms. The summed E-state index contributed by atoms with van der Waals surface area (Å²) in [4.78, 5) is 13.8. The monoisotopic (exact) mass is 371 g/mol. The fourth-order valence-corrected chi connectivity index (χ4v) is 3.08. The lowest BCUT2D eigenvalue weighted by atomic mass is 10.1. The summed E-state index contributed by atoms with van der Waals surface area (Å²) in [7, 11) is 1.71. The van der Waals surface area contributed by atoms with Crippen LogP contribution < -0.4 is 0 Å². The highest BCUT2D eigenvalue weighted by Crippen LogP contribution is 2.25. The Morgan fingerprint density at radius 1 is 1.15 bits per heavy atom. The Morgan fingerprint density at radius 3 is 2.62 bits per heavy atom. The number of aryl methyl sites for hydroxylation is 1. The Balaban J connectivity index is 1.56. The van der Waals surface area contributed by atoms with Crippen molar-refractivity contribution in [2.45, 2.75) is 18.7 Å². The van der Waals surface area contributed by atoms with Crippen molar-refractivity contribution in [3.8, 4) is 11.5 Å². The van der Waals surface area contributed by atoms with Gasteiger partial charge in [-0.3, -0.25) is 4.79 Å². The first kappa shape index (κ1) is 18.1. The van der Waals surface area contributed by atoms with Gasteiger partial charge in [0.2, 0.25) is 11.8 Å². The fraction of sp³-hybridized carbons (Fsp3) is 0.211. The fourth-order valence-electron chi connectivity index (χ4n) is 2.38. The van der Waals surface area contributed by atoms with Gasteiger partial charge in [-0.1, -0.05) is 42.1 Å². The molecular weight excluding hydrogens is 353 g/mol. The van der Waals surface area contributed by atoms with Crippen LogP contribution in [-0.4, -0.2) is 33.8 Å². The van der Waals surface area contributed by atoms with Gasteiger partial charge >= 0.3 is 0 Å². The van der Waals surface area contributed by atoms with Crippen molar-refractivity contribution in [2.24, 2.45) is 0 Å². The van der Waals surface area contributed by atoms with Crippen LogP contribution in [-0.2, 0) is 11.3 Å². The summed E-state index contributed by atoms with van der Waals surface area (Å²) in [6.07, 6.45) is 0. The van der Waals surface area contributed by atoms with E-state index in [1.165, 1.54) is 23.9 Å². The Bertz CT molecular complexity index is 896. The van der Waals surface area contributed by atoms with Gasteiger partial charge in [0.25, 0.3) is 5.22 Å². The molecule has 134 valence electrons. The molecule has 1 aromatic heterocycles. The van der Waals surface area contributed by atoms with Crippen LogP contribution in [0.5, 0.6) is 0 Å². The first-order valence-corrected chi connectivity index (χ1v) is 9.02. The summed E-state index contributed by atoms with van der Waals surface area (Å²) in [6.45, 7) is 2.39. The molecule has 0 fully saturated rings. The number of carbonyl (C=O) groups excluding carboxylic acids is 1. The van der Waals surface area contributed by atoms with E-state index in [9.17, 15) is 9.18 Å². The second kappa shape index (κ2) is 8.14. The summed E-state index contributed by atoms with van der Waals surface area (Å²) in [6, 6.07) is 13.8. The number of aromatic nitrogens is 2. The minimum Gasteiger partial charge on any atom is -0.411 e. The molecule has 0 aliphatic heterocycles. The van der Waals surface area contributed by atoms with Gasteiger partial charge in [0, 0.05) is 19.2 Å². The van der Waals surface area contributed by atoms with Crippen molar-refractivity contribution >= 4 is 17.7 Å². The largest absolute Gasteiger partial charge is 0.411 e. The van der Waals surface area contributed by atoms with Gasteiger partial charge in [-0.25, -0.2) is 4.39 Å². The lowest BCUT2D eigenvalue weighted by molar-refractivity contribution is -0.127. The van der Waals surface area contributed by atoms with Crippen molar-refractivity contribution < 1.29 is 13.6 Å². The van der Waals surface area contributed by atoms with Gasteiger partial charge in [0.05, 0.1) is 5.75 Å². The van der Waals surface area contributed by atoms with Gasteiger partial charge in [0.15, 0.2) is 0 Å². The van der Waals surface area contributed by atoms with Crippen LogP contribution in [0.15, 0.2) is 58.2 Å². The molecule has 0 bridgehead atoms.